The van der Waals surface area contributed by atoms with Crippen molar-refractivity contribution in [3.8, 4) is 44.8 Å². The lowest BCUT2D eigenvalue weighted by Crippen LogP contribution is -1.97. The molecule has 2 heteroatoms. The molecule has 0 bridgehead atoms. The van der Waals surface area contributed by atoms with Crippen LogP contribution in [0.1, 0.15) is 0 Å². The van der Waals surface area contributed by atoms with Crippen LogP contribution in [0.5, 0.6) is 0 Å². The van der Waals surface area contributed by atoms with Gasteiger partial charge < -0.3 is 9.13 Å². The van der Waals surface area contributed by atoms with E-state index in [2.05, 4.69) is 215 Å². The molecule has 11 rings (SSSR count). The molecule has 9 aromatic carbocycles. The van der Waals surface area contributed by atoms with Crippen LogP contribution in [-0.4, -0.2) is 9.13 Å². The second kappa shape index (κ2) is 12.2. The van der Waals surface area contributed by atoms with Crippen molar-refractivity contribution in [1.29, 1.82) is 0 Å². The predicted octanol–water partition coefficient (Wildman–Crippen LogP) is 14.0. The Hall–Kier alpha value is -7.16. The van der Waals surface area contributed by atoms with Gasteiger partial charge >= 0.3 is 0 Å². The predicted molar refractivity (Wildman–Crippen MR) is 229 cm³/mol. The van der Waals surface area contributed by atoms with Crippen molar-refractivity contribution in [2.45, 2.75) is 0 Å². The van der Waals surface area contributed by atoms with Gasteiger partial charge in [0.05, 0.1) is 27.8 Å². The molecule has 2 heterocycles. The number of nitrogens with zero attached hydrogens (tertiary/aromatic N) is 2. The Bertz CT molecular complexity index is 3200. The molecule has 0 radical (unpaired) electrons. The van der Waals surface area contributed by atoms with Gasteiger partial charge in [-0.2, -0.15) is 0 Å². The third kappa shape index (κ3) is 4.81. The van der Waals surface area contributed by atoms with Crippen LogP contribution in [0.4, 0.5) is 0 Å². The van der Waals surface area contributed by atoms with E-state index in [0.29, 0.717) is 0 Å². The molecule has 0 saturated carbocycles. The van der Waals surface area contributed by atoms with E-state index < -0.39 is 0 Å². The minimum atomic E-state index is 1.15. The van der Waals surface area contributed by atoms with E-state index in [-0.39, 0.29) is 0 Å². The summed E-state index contributed by atoms with van der Waals surface area (Å²) in [6, 6.07) is 75.2. The van der Waals surface area contributed by atoms with E-state index in [1.807, 2.05) is 0 Å². The van der Waals surface area contributed by atoms with Crippen molar-refractivity contribution in [3.05, 3.63) is 206 Å². The van der Waals surface area contributed by atoms with Crippen LogP contribution in [0, 0.1) is 0 Å². The number of hydrogen-bond acceptors (Lipinski definition) is 0. The molecule has 2 nitrogen and oxygen atoms in total. The van der Waals surface area contributed by atoms with Crippen molar-refractivity contribution in [2.24, 2.45) is 0 Å². The van der Waals surface area contributed by atoms with E-state index >= 15 is 0 Å². The average molecular weight is 687 g/mol. The lowest BCUT2D eigenvalue weighted by molar-refractivity contribution is 1.18. The van der Waals surface area contributed by atoms with Crippen LogP contribution < -0.4 is 0 Å². The van der Waals surface area contributed by atoms with Gasteiger partial charge in [-0.3, -0.25) is 0 Å². The zero-order chi connectivity index (χ0) is 35.6. The summed E-state index contributed by atoms with van der Waals surface area (Å²) in [4.78, 5) is 0. The maximum Gasteiger partial charge on any atom is 0.0547 e. The summed E-state index contributed by atoms with van der Waals surface area (Å²) in [5, 5.41) is 7.53. The Morgan fingerprint density at radius 3 is 1.65 bits per heavy atom. The van der Waals surface area contributed by atoms with Crippen molar-refractivity contribution < 1.29 is 0 Å². The first-order chi connectivity index (χ1) is 26.8. The van der Waals surface area contributed by atoms with Gasteiger partial charge in [-0.1, -0.05) is 152 Å². The number of aromatic nitrogens is 2. The van der Waals surface area contributed by atoms with Crippen LogP contribution in [-0.2, 0) is 0 Å². The third-order valence-corrected chi connectivity index (χ3v) is 11.1. The summed E-state index contributed by atoms with van der Waals surface area (Å²) in [7, 11) is 0. The highest BCUT2D eigenvalue weighted by Crippen LogP contribution is 2.40. The zero-order valence-electron chi connectivity index (χ0n) is 29.5. The molecule has 0 saturated heterocycles. The van der Waals surface area contributed by atoms with Crippen LogP contribution in [0.2, 0.25) is 0 Å². The summed E-state index contributed by atoms with van der Waals surface area (Å²) in [5.74, 6) is 0. The molecular formula is C52H34N2. The lowest BCUT2D eigenvalue weighted by atomic mass is 10.0. The van der Waals surface area contributed by atoms with Crippen molar-refractivity contribution >= 4 is 54.4 Å². The fraction of sp³-hybridized carbons (Fsp3) is 0. The maximum atomic E-state index is 2.43. The zero-order valence-corrected chi connectivity index (χ0v) is 29.5. The summed E-state index contributed by atoms with van der Waals surface area (Å²) in [6.45, 7) is 0. The molecule has 2 aromatic heterocycles. The second-order valence-electron chi connectivity index (χ2n) is 14.2. The van der Waals surface area contributed by atoms with Gasteiger partial charge in [0.2, 0.25) is 0 Å². The van der Waals surface area contributed by atoms with E-state index in [9.17, 15) is 0 Å². The van der Waals surface area contributed by atoms with Gasteiger partial charge in [-0.15, -0.1) is 0 Å². The molecular weight excluding hydrogens is 653 g/mol. The van der Waals surface area contributed by atoms with Gasteiger partial charge in [0.25, 0.3) is 0 Å². The van der Waals surface area contributed by atoms with Crippen LogP contribution >= 0.6 is 0 Å². The molecule has 0 atom stereocenters. The highest BCUT2D eigenvalue weighted by Gasteiger charge is 2.18. The number of benzene rings is 9. The Morgan fingerprint density at radius 1 is 0.259 bits per heavy atom. The first-order valence-corrected chi connectivity index (χ1v) is 18.6. The molecule has 0 N–H and O–H groups in total. The SMILES string of the molecule is c1ccc(-c2ccccc2-n2c3ccccc3c3cc(-c4ccc5c6ccccc6n(-c6ccc(-c7ccc8ccccc8c7)cc6)c5c4)ccc32)cc1. The minimum Gasteiger partial charge on any atom is -0.309 e. The van der Waals surface area contributed by atoms with E-state index in [4.69, 9.17) is 0 Å². The minimum absolute atomic E-state index is 1.15. The molecule has 0 aliphatic rings. The summed E-state index contributed by atoms with van der Waals surface area (Å²) < 4.78 is 4.85. The van der Waals surface area contributed by atoms with E-state index in [0.717, 1.165) is 5.69 Å². The van der Waals surface area contributed by atoms with Crippen molar-refractivity contribution in [3.63, 3.8) is 0 Å². The Labute approximate surface area is 313 Å². The number of para-hydroxylation sites is 3. The van der Waals surface area contributed by atoms with Crippen LogP contribution in [0.3, 0.4) is 0 Å². The second-order valence-corrected chi connectivity index (χ2v) is 14.2. The number of hydrogen-bond donors (Lipinski definition) is 0. The van der Waals surface area contributed by atoms with Crippen molar-refractivity contribution in [1.82, 2.24) is 9.13 Å². The fourth-order valence-corrected chi connectivity index (χ4v) is 8.54. The van der Waals surface area contributed by atoms with Gasteiger partial charge in [0, 0.05) is 32.8 Å². The molecule has 0 unspecified atom stereocenters. The quantitative estimate of drug-likeness (QED) is 0.171. The molecule has 0 aliphatic carbocycles. The Balaban J connectivity index is 1.05. The Morgan fingerprint density at radius 2 is 0.815 bits per heavy atom. The van der Waals surface area contributed by atoms with Gasteiger partial charge in [-0.05, 0) is 93.2 Å². The normalized spacial score (nSPS) is 11.7. The lowest BCUT2D eigenvalue weighted by Gasteiger charge is -2.14. The van der Waals surface area contributed by atoms with E-state index in [1.165, 1.54) is 93.5 Å². The topological polar surface area (TPSA) is 9.86 Å². The standard InChI is InChI=1S/C52H34N2/c1-2-13-37(14-3-1)43-16-6-9-19-48(43)54-50-21-11-8-18-45(50)47-33-40(27-31-51(47)54)41-26-30-46-44-17-7-10-20-49(44)53(52(46)34-41)42-28-24-36(25-29-42)39-23-22-35-12-4-5-15-38(35)32-39/h1-34H. The maximum absolute atomic E-state index is 2.43. The molecule has 0 spiro atoms. The molecule has 11 aromatic rings. The Kier molecular flexibility index (Phi) is 6.90. The first kappa shape index (κ1) is 30.5. The molecule has 252 valence electrons. The van der Waals surface area contributed by atoms with Crippen molar-refractivity contribution in [2.75, 3.05) is 0 Å². The van der Waals surface area contributed by atoms with Gasteiger partial charge in [-0.25, -0.2) is 0 Å². The molecule has 0 fully saturated rings. The highest BCUT2D eigenvalue weighted by atomic mass is 15.0. The largest absolute Gasteiger partial charge is 0.309 e. The molecule has 54 heavy (non-hydrogen) atoms. The average Bonchev–Trinajstić information content (AvgIpc) is 3.76. The smallest absolute Gasteiger partial charge is 0.0547 e. The van der Waals surface area contributed by atoms with Gasteiger partial charge in [0.15, 0.2) is 0 Å². The third-order valence-electron chi connectivity index (χ3n) is 11.1. The molecule has 0 aliphatic heterocycles. The number of fused-ring (bicyclic) bond motifs is 7. The van der Waals surface area contributed by atoms with Crippen LogP contribution in [0.25, 0.3) is 99.1 Å². The monoisotopic (exact) mass is 686 g/mol. The van der Waals surface area contributed by atoms with Gasteiger partial charge in [0.1, 0.15) is 0 Å². The number of rotatable bonds is 5. The summed E-state index contributed by atoms with van der Waals surface area (Å²) in [5.41, 5.74) is 14.4. The summed E-state index contributed by atoms with van der Waals surface area (Å²) >= 11 is 0. The highest BCUT2D eigenvalue weighted by molar-refractivity contribution is 6.12. The molecule has 0 amide bonds. The van der Waals surface area contributed by atoms with Crippen LogP contribution in [0.15, 0.2) is 206 Å². The first-order valence-electron chi connectivity index (χ1n) is 18.6. The summed E-state index contributed by atoms with van der Waals surface area (Å²) in [6.07, 6.45) is 0. The fourth-order valence-electron chi connectivity index (χ4n) is 8.54. The van der Waals surface area contributed by atoms with E-state index in [1.54, 1.807) is 0 Å².